The Bertz CT molecular complexity index is 689. The van der Waals surface area contributed by atoms with E-state index >= 15 is 0 Å². The van der Waals surface area contributed by atoms with E-state index in [4.69, 9.17) is 19.6 Å². The van der Waals surface area contributed by atoms with Crippen LogP contribution in [0.4, 0.5) is 0 Å². The van der Waals surface area contributed by atoms with Gasteiger partial charge in [0, 0.05) is 6.54 Å². The molecule has 1 aliphatic heterocycles. The molecule has 24 heavy (non-hydrogen) atoms. The molecule has 0 aliphatic carbocycles. The van der Waals surface area contributed by atoms with Crippen LogP contribution in [-0.4, -0.2) is 36.6 Å². The van der Waals surface area contributed by atoms with Gasteiger partial charge in [-0.15, -0.1) is 12.4 Å². The summed E-state index contributed by atoms with van der Waals surface area (Å²) in [5.41, 5.74) is 6.02. The summed E-state index contributed by atoms with van der Waals surface area (Å²) in [6, 6.07) is 9.21. The average molecular weight is 353 g/mol. The predicted molar refractivity (Wildman–Crippen MR) is 91.8 cm³/mol. The number of ether oxygens (including phenoxy) is 2. The van der Waals surface area contributed by atoms with Gasteiger partial charge in [0.05, 0.1) is 18.7 Å². The zero-order chi connectivity index (χ0) is 16.2. The minimum Gasteiger partial charge on any atom is -0.486 e. The van der Waals surface area contributed by atoms with Gasteiger partial charge in [0.2, 0.25) is 0 Å². The Morgan fingerprint density at radius 3 is 2.75 bits per heavy atom. The number of nitrogens with two attached hydrogens (primary N) is 1. The number of nitrogens with zero attached hydrogens (tertiary/aromatic N) is 1. The summed E-state index contributed by atoms with van der Waals surface area (Å²) in [4.78, 5) is 14.3. The molecule has 1 aromatic carbocycles. The van der Waals surface area contributed by atoms with E-state index in [1.807, 2.05) is 31.2 Å². The molecular weight excluding hydrogens is 332 g/mol. The van der Waals surface area contributed by atoms with E-state index in [0.29, 0.717) is 36.8 Å². The van der Waals surface area contributed by atoms with Gasteiger partial charge in [-0.25, -0.2) is 0 Å². The number of para-hydroxylation sites is 2. The summed E-state index contributed by atoms with van der Waals surface area (Å²) < 4.78 is 16.8. The van der Waals surface area contributed by atoms with Crippen molar-refractivity contribution in [2.24, 2.45) is 5.73 Å². The van der Waals surface area contributed by atoms with Crippen LogP contribution in [0.3, 0.4) is 0 Å². The molecule has 0 radical (unpaired) electrons. The van der Waals surface area contributed by atoms with Gasteiger partial charge in [0.25, 0.3) is 5.91 Å². The number of hydrogen-bond acceptors (Lipinski definition) is 5. The highest BCUT2D eigenvalue weighted by Gasteiger charge is 2.25. The van der Waals surface area contributed by atoms with Crippen LogP contribution in [0.1, 0.15) is 23.0 Å². The molecule has 1 aromatic heterocycles. The fourth-order valence-electron chi connectivity index (χ4n) is 2.54. The van der Waals surface area contributed by atoms with Crippen LogP contribution >= 0.6 is 12.4 Å². The molecule has 0 saturated heterocycles. The van der Waals surface area contributed by atoms with Crippen molar-refractivity contribution in [2.75, 3.05) is 19.7 Å². The van der Waals surface area contributed by atoms with E-state index in [9.17, 15) is 4.79 Å². The zero-order valence-electron chi connectivity index (χ0n) is 13.4. The van der Waals surface area contributed by atoms with Crippen LogP contribution in [0, 0.1) is 0 Å². The van der Waals surface area contributed by atoms with Gasteiger partial charge in [0.15, 0.2) is 17.6 Å². The maximum Gasteiger partial charge on any atom is 0.257 e. The predicted octanol–water partition coefficient (Wildman–Crippen LogP) is 2.46. The Labute approximate surface area is 146 Å². The number of carbonyl (C=O) groups is 1. The number of benzene rings is 1. The number of furan rings is 1. The molecule has 7 heteroatoms. The number of rotatable bonds is 5. The second-order valence-corrected chi connectivity index (χ2v) is 5.35. The molecule has 1 aliphatic rings. The van der Waals surface area contributed by atoms with Gasteiger partial charge in [-0.1, -0.05) is 12.1 Å². The van der Waals surface area contributed by atoms with Crippen molar-refractivity contribution >= 4 is 18.3 Å². The first-order valence-corrected chi connectivity index (χ1v) is 7.66. The first kappa shape index (κ1) is 18.2. The Morgan fingerprint density at radius 1 is 1.33 bits per heavy atom. The highest BCUT2D eigenvalue weighted by Crippen LogP contribution is 2.31. The van der Waals surface area contributed by atoms with Gasteiger partial charge >= 0.3 is 0 Å². The third-order valence-corrected chi connectivity index (χ3v) is 3.76. The van der Waals surface area contributed by atoms with Crippen molar-refractivity contribution < 1.29 is 18.7 Å². The van der Waals surface area contributed by atoms with Gasteiger partial charge in [-0.3, -0.25) is 4.79 Å². The molecule has 2 aromatic rings. The smallest absolute Gasteiger partial charge is 0.257 e. The highest BCUT2D eigenvalue weighted by molar-refractivity contribution is 5.94. The molecular formula is C17H21ClN2O4. The Morgan fingerprint density at radius 2 is 2.08 bits per heavy atom. The number of amides is 1. The van der Waals surface area contributed by atoms with Crippen LogP contribution in [0.15, 0.2) is 41.0 Å². The third-order valence-electron chi connectivity index (χ3n) is 3.76. The van der Waals surface area contributed by atoms with Crippen molar-refractivity contribution in [3.8, 4) is 11.5 Å². The van der Waals surface area contributed by atoms with E-state index < -0.39 is 0 Å². The van der Waals surface area contributed by atoms with Crippen molar-refractivity contribution in [1.29, 1.82) is 0 Å². The van der Waals surface area contributed by atoms with Gasteiger partial charge in [-0.2, -0.15) is 0 Å². The molecule has 3 rings (SSSR count). The molecule has 0 saturated carbocycles. The van der Waals surface area contributed by atoms with Crippen molar-refractivity contribution in [3.05, 3.63) is 47.9 Å². The maximum atomic E-state index is 12.6. The van der Waals surface area contributed by atoms with Crippen LogP contribution in [0.25, 0.3) is 0 Å². The van der Waals surface area contributed by atoms with Gasteiger partial charge in [-0.05, 0) is 25.1 Å². The van der Waals surface area contributed by atoms with E-state index in [-0.39, 0.29) is 31.0 Å². The minimum absolute atomic E-state index is 0. The van der Waals surface area contributed by atoms with Gasteiger partial charge < -0.3 is 24.5 Å². The summed E-state index contributed by atoms with van der Waals surface area (Å²) in [5, 5.41) is 0. The monoisotopic (exact) mass is 352 g/mol. The fourth-order valence-corrected chi connectivity index (χ4v) is 2.54. The SMILES string of the molecule is CCN(CC1COc2ccccc2O1)C(=O)c1coc(CN)c1.Cl. The summed E-state index contributed by atoms with van der Waals surface area (Å²) in [6.07, 6.45) is 1.25. The Balaban J connectivity index is 0.00000208. The standard InChI is InChI=1S/C17H20N2O4.ClH/c1-2-19(17(20)12-7-13(8-18)21-10-12)9-14-11-22-15-5-3-4-6-16(15)23-14;/h3-7,10,14H,2,8-9,11,18H2,1H3;1H. The van der Waals surface area contributed by atoms with Crippen molar-refractivity contribution in [3.63, 3.8) is 0 Å². The first-order chi connectivity index (χ1) is 11.2. The number of fused-ring (bicyclic) bond motifs is 1. The zero-order valence-corrected chi connectivity index (χ0v) is 14.3. The Kier molecular flexibility index (Phi) is 6.11. The highest BCUT2D eigenvalue weighted by atomic mass is 35.5. The van der Waals surface area contributed by atoms with E-state index in [2.05, 4.69) is 0 Å². The number of halogens is 1. The van der Waals surface area contributed by atoms with Crippen LogP contribution in [0.2, 0.25) is 0 Å². The lowest BCUT2D eigenvalue weighted by Gasteiger charge is -2.30. The molecule has 2 N–H and O–H groups in total. The van der Waals surface area contributed by atoms with Crippen LogP contribution in [-0.2, 0) is 6.54 Å². The number of likely N-dealkylation sites (N-methyl/N-ethyl adjacent to an activating group) is 1. The van der Waals surface area contributed by atoms with Crippen molar-refractivity contribution in [1.82, 2.24) is 4.90 Å². The number of carbonyl (C=O) groups excluding carboxylic acids is 1. The molecule has 6 nitrogen and oxygen atoms in total. The molecule has 1 atom stereocenters. The van der Waals surface area contributed by atoms with E-state index in [0.717, 1.165) is 5.75 Å². The molecule has 0 fully saturated rings. The quantitative estimate of drug-likeness (QED) is 0.894. The normalized spacial score (nSPS) is 15.5. The van der Waals surface area contributed by atoms with Crippen LogP contribution in [0.5, 0.6) is 11.5 Å². The van der Waals surface area contributed by atoms with E-state index in [1.54, 1.807) is 11.0 Å². The summed E-state index contributed by atoms with van der Waals surface area (Å²) in [5.74, 6) is 1.94. The molecule has 1 amide bonds. The molecule has 0 bridgehead atoms. The molecule has 2 heterocycles. The lowest BCUT2D eigenvalue weighted by atomic mass is 10.2. The van der Waals surface area contributed by atoms with Gasteiger partial charge in [0.1, 0.15) is 18.6 Å². The lowest BCUT2D eigenvalue weighted by Crippen LogP contribution is -2.43. The lowest BCUT2D eigenvalue weighted by molar-refractivity contribution is 0.0474. The van der Waals surface area contributed by atoms with Crippen LogP contribution < -0.4 is 15.2 Å². The molecule has 1 unspecified atom stereocenters. The third kappa shape index (κ3) is 3.83. The second kappa shape index (κ2) is 8.08. The maximum absolute atomic E-state index is 12.6. The molecule has 130 valence electrons. The Hall–Kier alpha value is -2.18. The average Bonchev–Trinajstić information content (AvgIpc) is 3.08. The van der Waals surface area contributed by atoms with E-state index in [1.165, 1.54) is 6.26 Å². The van der Waals surface area contributed by atoms with Crippen molar-refractivity contribution in [2.45, 2.75) is 19.6 Å². The summed E-state index contributed by atoms with van der Waals surface area (Å²) in [7, 11) is 0. The number of hydrogen-bond donors (Lipinski definition) is 1. The largest absolute Gasteiger partial charge is 0.486 e. The summed E-state index contributed by atoms with van der Waals surface area (Å²) in [6.45, 7) is 3.64. The molecule has 0 spiro atoms. The minimum atomic E-state index is -0.199. The summed E-state index contributed by atoms with van der Waals surface area (Å²) >= 11 is 0. The fraction of sp³-hybridized carbons (Fsp3) is 0.353. The second-order valence-electron chi connectivity index (χ2n) is 5.35. The first-order valence-electron chi connectivity index (χ1n) is 7.66. The topological polar surface area (TPSA) is 77.9 Å².